The fourth-order valence-corrected chi connectivity index (χ4v) is 5.37. The molecule has 0 N–H and O–H groups in total. The summed E-state index contributed by atoms with van der Waals surface area (Å²) in [6.45, 7) is 5.16. The number of benzene rings is 2. The maximum atomic E-state index is 12.7. The average molecular weight is 432 g/mol. The summed E-state index contributed by atoms with van der Waals surface area (Å²) in [4.78, 5) is 32.1. The van der Waals surface area contributed by atoms with Crippen LogP contribution in [0.3, 0.4) is 0 Å². The highest BCUT2D eigenvalue weighted by Crippen LogP contribution is 2.33. The van der Waals surface area contributed by atoms with Gasteiger partial charge in [-0.25, -0.2) is 0 Å². The smallest absolute Gasteiger partial charge is 0.236 e. The Morgan fingerprint density at radius 2 is 1.52 bits per heavy atom. The SMILES string of the molecule is O=C(CSc1cccc2cccc(Cl)c12)N1CCN(CC(=O)N2CCCC2)CC1. The summed E-state index contributed by atoms with van der Waals surface area (Å²) >= 11 is 7.93. The number of halogens is 1. The molecule has 0 aliphatic carbocycles. The molecule has 2 aliphatic rings. The van der Waals surface area contributed by atoms with Crippen LogP contribution in [0.15, 0.2) is 41.3 Å². The summed E-state index contributed by atoms with van der Waals surface area (Å²) in [5.41, 5.74) is 0. The van der Waals surface area contributed by atoms with Gasteiger partial charge < -0.3 is 9.80 Å². The van der Waals surface area contributed by atoms with Crippen molar-refractivity contribution in [2.75, 3.05) is 51.6 Å². The number of hydrogen-bond acceptors (Lipinski definition) is 4. The molecule has 2 aromatic carbocycles. The standard InChI is InChI=1S/C22H26ClN3O2S/c23-18-7-3-5-17-6-4-8-19(22(17)18)29-16-21(28)26-13-11-24(12-14-26)15-20(27)25-9-1-2-10-25/h3-8H,1-2,9-16H2. The highest BCUT2D eigenvalue weighted by molar-refractivity contribution is 8.00. The summed E-state index contributed by atoms with van der Waals surface area (Å²) in [6, 6.07) is 11.9. The first-order chi connectivity index (χ1) is 14.1. The number of piperazine rings is 1. The van der Waals surface area contributed by atoms with Crippen LogP contribution in [0.2, 0.25) is 5.02 Å². The average Bonchev–Trinajstić information content (AvgIpc) is 3.28. The van der Waals surface area contributed by atoms with Gasteiger partial charge in [-0.15, -0.1) is 11.8 Å². The van der Waals surface area contributed by atoms with Crippen LogP contribution in [0.25, 0.3) is 10.8 Å². The number of hydrogen-bond donors (Lipinski definition) is 0. The molecule has 2 aliphatic heterocycles. The van der Waals surface area contributed by atoms with Crippen LogP contribution in [-0.4, -0.2) is 78.1 Å². The van der Waals surface area contributed by atoms with E-state index in [-0.39, 0.29) is 11.8 Å². The summed E-state index contributed by atoms with van der Waals surface area (Å²) < 4.78 is 0. The molecule has 0 saturated carbocycles. The summed E-state index contributed by atoms with van der Waals surface area (Å²) in [5.74, 6) is 0.770. The molecular formula is C22H26ClN3O2S. The zero-order valence-electron chi connectivity index (χ0n) is 16.5. The van der Waals surface area contributed by atoms with E-state index in [1.807, 2.05) is 46.2 Å². The van der Waals surface area contributed by atoms with E-state index < -0.39 is 0 Å². The van der Waals surface area contributed by atoms with Crippen LogP contribution in [0, 0.1) is 0 Å². The Kier molecular flexibility index (Phi) is 6.63. The topological polar surface area (TPSA) is 43.9 Å². The molecule has 7 heteroatoms. The predicted molar refractivity (Wildman–Crippen MR) is 119 cm³/mol. The van der Waals surface area contributed by atoms with Crippen molar-refractivity contribution in [2.24, 2.45) is 0 Å². The van der Waals surface area contributed by atoms with Gasteiger partial charge in [-0.05, 0) is 30.4 Å². The molecule has 0 bridgehead atoms. The van der Waals surface area contributed by atoms with Crippen molar-refractivity contribution in [3.63, 3.8) is 0 Å². The first-order valence-electron chi connectivity index (χ1n) is 10.2. The van der Waals surface area contributed by atoms with Crippen LogP contribution < -0.4 is 0 Å². The molecule has 5 nitrogen and oxygen atoms in total. The molecule has 0 radical (unpaired) electrons. The van der Waals surface area contributed by atoms with E-state index in [0.717, 1.165) is 54.7 Å². The summed E-state index contributed by atoms with van der Waals surface area (Å²) in [5, 5.41) is 2.82. The highest BCUT2D eigenvalue weighted by Gasteiger charge is 2.25. The molecule has 4 rings (SSSR count). The van der Waals surface area contributed by atoms with Gasteiger partial charge in [0.2, 0.25) is 11.8 Å². The lowest BCUT2D eigenvalue weighted by Crippen LogP contribution is -2.51. The summed E-state index contributed by atoms with van der Waals surface area (Å²) in [7, 11) is 0. The Bertz CT molecular complexity index is 888. The number of likely N-dealkylation sites (tertiary alicyclic amines) is 1. The van der Waals surface area contributed by atoms with Gasteiger partial charge in [0.25, 0.3) is 0 Å². The molecule has 2 aromatic rings. The minimum Gasteiger partial charge on any atom is -0.342 e. The highest BCUT2D eigenvalue weighted by atomic mass is 35.5. The number of thioether (sulfide) groups is 1. The zero-order chi connectivity index (χ0) is 20.2. The van der Waals surface area contributed by atoms with Crippen molar-refractivity contribution in [1.82, 2.24) is 14.7 Å². The third kappa shape index (κ3) is 4.87. The molecule has 0 spiro atoms. The Hall–Kier alpha value is -1.76. The van der Waals surface area contributed by atoms with Crippen molar-refractivity contribution in [1.29, 1.82) is 0 Å². The molecular weight excluding hydrogens is 406 g/mol. The first-order valence-corrected chi connectivity index (χ1v) is 11.6. The third-order valence-electron chi connectivity index (χ3n) is 5.71. The summed E-state index contributed by atoms with van der Waals surface area (Å²) in [6.07, 6.45) is 2.24. The lowest BCUT2D eigenvalue weighted by atomic mass is 10.1. The fourth-order valence-electron chi connectivity index (χ4n) is 4.03. The van der Waals surface area contributed by atoms with Gasteiger partial charge in [-0.1, -0.05) is 35.9 Å². The Morgan fingerprint density at radius 1 is 0.862 bits per heavy atom. The van der Waals surface area contributed by atoms with Crippen LogP contribution in [0.4, 0.5) is 0 Å². The number of nitrogens with zero attached hydrogens (tertiary/aromatic N) is 3. The zero-order valence-corrected chi connectivity index (χ0v) is 18.1. The minimum absolute atomic E-state index is 0.143. The second-order valence-electron chi connectivity index (χ2n) is 7.63. The molecule has 154 valence electrons. The predicted octanol–water partition coefficient (Wildman–Crippen LogP) is 3.35. The number of amides is 2. The van der Waals surface area contributed by atoms with Gasteiger partial charge in [-0.3, -0.25) is 14.5 Å². The maximum Gasteiger partial charge on any atom is 0.236 e. The largest absolute Gasteiger partial charge is 0.342 e. The maximum absolute atomic E-state index is 12.7. The van der Waals surface area contributed by atoms with Gasteiger partial charge >= 0.3 is 0 Å². The van der Waals surface area contributed by atoms with Crippen molar-refractivity contribution >= 4 is 45.9 Å². The molecule has 2 amide bonds. The quantitative estimate of drug-likeness (QED) is 0.681. The number of carbonyl (C=O) groups is 2. The van der Waals surface area contributed by atoms with E-state index >= 15 is 0 Å². The lowest BCUT2D eigenvalue weighted by Gasteiger charge is -2.35. The van der Waals surface area contributed by atoms with E-state index in [1.54, 1.807) is 11.8 Å². The van der Waals surface area contributed by atoms with E-state index in [0.29, 0.717) is 30.4 Å². The van der Waals surface area contributed by atoms with Crippen molar-refractivity contribution in [3.8, 4) is 0 Å². The second kappa shape index (κ2) is 9.37. The van der Waals surface area contributed by atoms with Crippen LogP contribution in [0.5, 0.6) is 0 Å². The minimum atomic E-state index is 0.143. The molecule has 2 saturated heterocycles. The number of fused-ring (bicyclic) bond motifs is 1. The van der Waals surface area contributed by atoms with Crippen LogP contribution in [0.1, 0.15) is 12.8 Å². The molecule has 0 atom stereocenters. The van der Waals surface area contributed by atoms with Gasteiger partial charge in [0, 0.05) is 54.6 Å². The Labute approximate surface area is 181 Å². The number of carbonyl (C=O) groups excluding carboxylic acids is 2. The normalized spacial score (nSPS) is 17.8. The van der Waals surface area contributed by atoms with Crippen molar-refractivity contribution in [3.05, 3.63) is 41.4 Å². The lowest BCUT2D eigenvalue weighted by molar-refractivity contribution is -0.133. The fraction of sp³-hybridized carbons (Fsp3) is 0.455. The van der Waals surface area contributed by atoms with Gasteiger partial charge in [0.05, 0.1) is 12.3 Å². The van der Waals surface area contributed by atoms with Crippen LogP contribution >= 0.6 is 23.4 Å². The molecule has 29 heavy (non-hydrogen) atoms. The van der Waals surface area contributed by atoms with Gasteiger partial charge in [0.15, 0.2) is 0 Å². The molecule has 2 fully saturated rings. The van der Waals surface area contributed by atoms with E-state index in [4.69, 9.17) is 11.6 Å². The van der Waals surface area contributed by atoms with Gasteiger partial charge in [0.1, 0.15) is 0 Å². The second-order valence-corrected chi connectivity index (χ2v) is 9.05. The van der Waals surface area contributed by atoms with Crippen molar-refractivity contribution < 1.29 is 9.59 Å². The molecule has 0 aromatic heterocycles. The Morgan fingerprint density at radius 3 is 2.24 bits per heavy atom. The van der Waals surface area contributed by atoms with Gasteiger partial charge in [-0.2, -0.15) is 0 Å². The van der Waals surface area contributed by atoms with E-state index in [1.165, 1.54) is 0 Å². The van der Waals surface area contributed by atoms with E-state index in [9.17, 15) is 9.59 Å². The van der Waals surface area contributed by atoms with Crippen molar-refractivity contribution in [2.45, 2.75) is 17.7 Å². The van der Waals surface area contributed by atoms with E-state index in [2.05, 4.69) is 4.90 Å². The monoisotopic (exact) mass is 431 g/mol. The Balaban J connectivity index is 1.28. The van der Waals surface area contributed by atoms with Crippen LogP contribution in [-0.2, 0) is 9.59 Å². The number of rotatable bonds is 5. The first kappa shape index (κ1) is 20.5. The molecule has 0 unspecified atom stereocenters. The third-order valence-corrected chi connectivity index (χ3v) is 7.07. The molecule has 2 heterocycles.